The maximum absolute atomic E-state index is 5.92. The number of rotatable bonds is 2. The fourth-order valence-electron chi connectivity index (χ4n) is 2.23. The molecule has 2 aromatic rings. The number of hydrogen-bond acceptors (Lipinski definition) is 1. The van der Waals surface area contributed by atoms with Crippen LogP contribution in [0.3, 0.4) is 0 Å². The van der Waals surface area contributed by atoms with Gasteiger partial charge in [0.05, 0.1) is 0 Å². The molecule has 18 heavy (non-hydrogen) atoms. The Labute approximate surface area is 110 Å². The van der Waals surface area contributed by atoms with Crippen molar-refractivity contribution in [2.45, 2.75) is 27.2 Å². The average Bonchev–Trinajstić information content (AvgIpc) is 2.28. The van der Waals surface area contributed by atoms with Crippen LogP contribution >= 0.6 is 0 Å². The molecule has 94 valence electrons. The lowest BCUT2D eigenvalue weighted by Gasteiger charge is -2.21. The Kier molecular flexibility index (Phi) is 3.42. The zero-order valence-corrected chi connectivity index (χ0v) is 11.4. The highest BCUT2D eigenvalue weighted by molar-refractivity contribution is 5.69. The fraction of sp³-hybridized carbons (Fsp3) is 0.294. The Bertz CT molecular complexity index is 521. The van der Waals surface area contributed by atoms with Crippen LogP contribution in [0, 0.1) is 5.41 Å². The molecule has 0 fully saturated rings. The number of benzene rings is 2. The first kappa shape index (κ1) is 12.7. The molecule has 1 heteroatoms. The summed E-state index contributed by atoms with van der Waals surface area (Å²) >= 11 is 0. The molecule has 0 heterocycles. The van der Waals surface area contributed by atoms with Gasteiger partial charge in [0.25, 0.3) is 0 Å². The van der Waals surface area contributed by atoms with E-state index >= 15 is 0 Å². The normalized spacial score (nSPS) is 11.5. The van der Waals surface area contributed by atoms with Crippen LogP contribution in [0.15, 0.2) is 48.5 Å². The summed E-state index contributed by atoms with van der Waals surface area (Å²) in [4.78, 5) is 0. The van der Waals surface area contributed by atoms with Crippen molar-refractivity contribution in [2.75, 3.05) is 5.73 Å². The highest BCUT2D eigenvalue weighted by atomic mass is 14.5. The summed E-state index contributed by atoms with van der Waals surface area (Å²) in [5.41, 5.74) is 10.9. The van der Waals surface area contributed by atoms with Crippen molar-refractivity contribution in [3.8, 4) is 11.1 Å². The van der Waals surface area contributed by atoms with Gasteiger partial charge in [-0.1, -0.05) is 57.2 Å². The van der Waals surface area contributed by atoms with E-state index in [1.54, 1.807) is 0 Å². The number of anilines is 1. The Hall–Kier alpha value is -1.76. The number of hydrogen-bond donors (Lipinski definition) is 1. The smallest absolute Gasteiger partial charge is 0.0317 e. The van der Waals surface area contributed by atoms with E-state index in [0.717, 1.165) is 12.1 Å². The van der Waals surface area contributed by atoms with Gasteiger partial charge in [0.2, 0.25) is 0 Å². The molecule has 0 aliphatic carbocycles. The van der Waals surface area contributed by atoms with Crippen LogP contribution in [0.4, 0.5) is 5.69 Å². The maximum atomic E-state index is 5.92. The average molecular weight is 239 g/mol. The van der Waals surface area contributed by atoms with E-state index in [1.807, 2.05) is 12.1 Å². The van der Waals surface area contributed by atoms with E-state index in [2.05, 4.69) is 57.2 Å². The summed E-state index contributed by atoms with van der Waals surface area (Å²) in [6, 6.07) is 16.7. The first-order valence-electron chi connectivity index (χ1n) is 6.39. The number of nitrogens with two attached hydrogens (primary N) is 1. The van der Waals surface area contributed by atoms with Crippen LogP contribution in [-0.2, 0) is 6.42 Å². The van der Waals surface area contributed by atoms with Crippen LogP contribution in [0.25, 0.3) is 11.1 Å². The molecule has 0 saturated carbocycles. The van der Waals surface area contributed by atoms with Crippen molar-refractivity contribution in [3.63, 3.8) is 0 Å². The first-order chi connectivity index (χ1) is 8.46. The first-order valence-corrected chi connectivity index (χ1v) is 6.39. The van der Waals surface area contributed by atoms with Gasteiger partial charge >= 0.3 is 0 Å². The molecular formula is C17H21N. The molecule has 2 rings (SSSR count). The lowest BCUT2D eigenvalue weighted by atomic mass is 9.84. The summed E-state index contributed by atoms with van der Waals surface area (Å²) < 4.78 is 0. The minimum Gasteiger partial charge on any atom is -0.399 e. The third kappa shape index (κ3) is 3.13. The van der Waals surface area contributed by atoms with Crippen LogP contribution in [0.5, 0.6) is 0 Å². The Morgan fingerprint density at radius 3 is 2.22 bits per heavy atom. The molecule has 0 spiro atoms. The summed E-state index contributed by atoms with van der Waals surface area (Å²) in [5.74, 6) is 0. The summed E-state index contributed by atoms with van der Waals surface area (Å²) in [6.07, 6.45) is 1.03. The zero-order valence-electron chi connectivity index (χ0n) is 11.4. The van der Waals surface area contributed by atoms with Crippen LogP contribution in [0.1, 0.15) is 26.3 Å². The summed E-state index contributed by atoms with van der Waals surface area (Å²) in [7, 11) is 0. The molecule has 2 aromatic carbocycles. The minimum atomic E-state index is 0.261. The van der Waals surface area contributed by atoms with Crippen LogP contribution in [-0.4, -0.2) is 0 Å². The molecule has 0 unspecified atom stereocenters. The van der Waals surface area contributed by atoms with Gasteiger partial charge in [0, 0.05) is 5.69 Å². The van der Waals surface area contributed by atoms with Crippen molar-refractivity contribution >= 4 is 5.69 Å². The van der Waals surface area contributed by atoms with E-state index in [0.29, 0.717) is 0 Å². The topological polar surface area (TPSA) is 26.0 Å². The van der Waals surface area contributed by atoms with E-state index < -0.39 is 0 Å². The Morgan fingerprint density at radius 1 is 0.944 bits per heavy atom. The molecule has 0 amide bonds. The maximum Gasteiger partial charge on any atom is 0.0317 e. The van der Waals surface area contributed by atoms with Gasteiger partial charge in [-0.05, 0) is 40.7 Å². The van der Waals surface area contributed by atoms with Gasteiger partial charge in [-0.25, -0.2) is 0 Å². The molecule has 0 radical (unpaired) electrons. The molecule has 0 aromatic heterocycles. The largest absolute Gasteiger partial charge is 0.399 e. The van der Waals surface area contributed by atoms with E-state index in [1.165, 1.54) is 16.7 Å². The lowest BCUT2D eigenvalue weighted by molar-refractivity contribution is 0.412. The monoisotopic (exact) mass is 239 g/mol. The summed E-state index contributed by atoms with van der Waals surface area (Å²) in [6.45, 7) is 6.76. The van der Waals surface area contributed by atoms with Crippen LogP contribution < -0.4 is 5.73 Å². The second-order valence-electron chi connectivity index (χ2n) is 6.02. The lowest BCUT2D eigenvalue weighted by Crippen LogP contribution is -2.10. The van der Waals surface area contributed by atoms with Gasteiger partial charge in [-0.15, -0.1) is 0 Å². The highest BCUT2D eigenvalue weighted by Gasteiger charge is 2.15. The molecule has 0 saturated heterocycles. The molecule has 2 N–H and O–H groups in total. The van der Waals surface area contributed by atoms with Crippen molar-refractivity contribution in [3.05, 3.63) is 54.1 Å². The molecule has 0 aliphatic rings. The van der Waals surface area contributed by atoms with Gasteiger partial charge in [0.15, 0.2) is 0 Å². The van der Waals surface area contributed by atoms with Crippen molar-refractivity contribution in [1.82, 2.24) is 0 Å². The second-order valence-corrected chi connectivity index (χ2v) is 6.02. The quantitative estimate of drug-likeness (QED) is 0.766. The third-order valence-corrected chi connectivity index (χ3v) is 2.93. The Balaban J connectivity index is 2.47. The minimum absolute atomic E-state index is 0.261. The van der Waals surface area contributed by atoms with E-state index in [4.69, 9.17) is 5.73 Å². The van der Waals surface area contributed by atoms with Crippen molar-refractivity contribution in [1.29, 1.82) is 0 Å². The standard InChI is InChI=1S/C17H21N/c1-17(2,3)12-14-11-15(18)9-10-16(14)13-7-5-4-6-8-13/h4-11H,12,18H2,1-3H3. The second kappa shape index (κ2) is 4.85. The van der Waals surface area contributed by atoms with Gasteiger partial charge in [-0.3, -0.25) is 0 Å². The van der Waals surface area contributed by atoms with E-state index in [-0.39, 0.29) is 5.41 Å². The van der Waals surface area contributed by atoms with Gasteiger partial charge in [-0.2, -0.15) is 0 Å². The molecule has 0 aliphatic heterocycles. The number of nitrogen functional groups attached to an aromatic ring is 1. The SMILES string of the molecule is CC(C)(C)Cc1cc(N)ccc1-c1ccccc1. The van der Waals surface area contributed by atoms with Crippen LogP contribution in [0.2, 0.25) is 0 Å². The Morgan fingerprint density at radius 2 is 1.61 bits per heavy atom. The predicted octanol–water partition coefficient (Wildman–Crippen LogP) is 4.52. The fourth-order valence-corrected chi connectivity index (χ4v) is 2.23. The van der Waals surface area contributed by atoms with Gasteiger partial charge < -0.3 is 5.73 Å². The molecule has 0 atom stereocenters. The van der Waals surface area contributed by atoms with Crippen molar-refractivity contribution in [2.24, 2.45) is 5.41 Å². The molecule has 0 bridgehead atoms. The molecular weight excluding hydrogens is 218 g/mol. The zero-order chi connectivity index (χ0) is 13.2. The third-order valence-electron chi connectivity index (χ3n) is 2.93. The van der Waals surface area contributed by atoms with Crippen molar-refractivity contribution < 1.29 is 0 Å². The predicted molar refractivity (Wildman–Crippen MR) is 79.4 cm³/mol. The van der Waals surface area contributed by atoms with E-state index in [9.17, 15) is 0 Å². The summed E-state index contributed by atoms with van der Waals surface area (Å²) in [5, 5.41) is 0. The molecule has 1 nitrogen and oxygen atoms in total. The highest BCUT2D eigenvalue weighted by Crippen LogP contribution is 2.30. The van der Waals surface area contributed by atoms with Gasteiger partial charge in [0.1, 0.15) is 0 Å².